The molecule has 0 spiro atoms. The third-order valence-electron chi connectivity index (χ3n) is 2.84. The number of likely N-dealkylation sites (N-methyl/N-ethyl adjacent to an activating group) is 2. The second-order valence-corrected chi connectivity index (χ2v) is 4.43. The Morgan fingerprint density at radius 2 is 2.27 bits per heavy atom. The van der Waals surface area contributed by atoms with Crippen molar-refractivity contribution >= 4 is 12.2 Å². The van der Waals surface area contributed by atoms with E-state index in [-0.39, 0.29) is 10.9 Å². The number of hydrogen-bond acceptors (Lipinski definition) is 5. The minimum atomic E-state index is 0.248. The third kappa shape index (κ3) is 2.45. The molecule has 1 aliphatic rings. The van der Waals surface area contributed by atoms with Gasteiger partial charge in [-0.05, 0) is 45.8 Å². The summed E-state index contributed by atoms with van der Waals surface area (Å²) in [4.78, 5) is 9.06. The highest BCUT2D eigenvalue weighted by molar-refractivity contribution is 7.71. The summed E-state index contributed by atoms with van der Waals surface area (Å²) in [5, 5.41) is 2.80. The molecule has 1 aromatic heterocycles. The van der Waals surface area contributed by atoms with Crippen LogP contribution in [0, 0.1) is 4.84 Å². The van der Waals surface area contributed by atoms with E-state index >= 15 is 0 Å². The van der Waals surface area contributed by atoms with E-state index in [0.29, 0.717) is 0 Å². The summed E-state index contributed by atoms with van der Waals surface area (Å²) in [6.45, 7) is 3.15. The van der Waals surface area contributed by atoms with Gasteiger partial charge in [0.15, 0.2) is 5.82 Å². The fourth-order valence-corrected chi connectivity index (χ4v) is 2.09. The van der Waals surface area contributed by atoms with Crippen molar-refractivity contribution < 1.29 is 4.52 Å². The number of aromatic amines is 1. The van der Waals surface area contributed by atoms with Crippen molar-refractivity contribution in [2.45, 2.75) is 12.5 Å². The number of H-pyrrole nitrogens is 1. The first-order valence-corrected chi connectivity index (χ1v) is 5.52. The van der Waals surface area contributed by atoms with Gasteiger partial charge in [0.25, 0.3) is 0 Å². The van der Waals surface area contributed by atoms with Gasteiger partial charge in [-0.1, -0.05) is 0 Å². The van der Waals surface area contributed by atoms with Crippen LogP contribution in [0.15, 0.2) is 4.52 Å². The molecular formula is C9H16N4OS. The van der Waals surface area contributed by atoms with E-state index in [4.69, 9.17) is 16.7 Å². The second kappa shape index (κ2) is 4.42. The monoisotopic (exact) mass is 228 g/mol. The molecule has 1 aromatic rings. The van der Waals surface area contributed by atoms with E-state index in [1.165, 1.54) is 6.42 Å². The van der Waals surface area contributed by atoms with Gasteiger partial charge >= 0.3 is 4.84 Å². The largest absolute Gasteiger partial charge is 0.348 e. The van der Waals surface area contributed by atoms with Crippen LogP contribution in [0.4, 0.5) is 0 Å². The minimum absolute atomic E-state index is 0.248. The average molecular weight is 228 g/mol. The van der Waals surface area contributed by atoms with Crippen LogP contribution in [-0.2, 0) is 0 Å². The lowest BCUT2D eigenvalue weighted by molar-refractivity contribution is 0.214. The van der Waals surface area contributed by atoms with Crippen molar-refractivity contribution in [2.24, 2.45) is 0 Å². The summed E-state index contributed by atoms with van der Waals surface area (Å²) in [5.41, 5.74) is 0. The first-order valence-electron chi connectivity index (χ1n) is 5.11. The molecule has 2 heterocycles. The van der Waals surface area contributed by atoms with Gasteiger partial charge in [-0.2, -0.15) is 4.98 Å². The Bertz CT molecular complexity index is 374. The molecular weight excluding hydrogens is 212 g/mol. The Morgan fingerprint density at radius 3 is 2.93 bits per heavy atom. The number of aromatic nitrogens is 2. The van der Waals surface area contributed by atoms with Crippen LogP contribution in [0.5, 0.6) is 0 Å². The Balaban J connectivity index is 2.21. The van der Waals surface area contributed by atoms with Crippen molar-refractivity contribution in [1.29, 1.82) is 0 Å². The first-order chi connectivity index (χ1) is 7.16. The lowest BCUT2D eigenvalue weighted by Gasteiger charge is -2.24. The molecule has 0 saturated carbocycles. The maximum absolute atomic E-state index is 4.98. The Kier molecular flexibility index (Phi) is 3.18. The summed E-state index contributed by atoms with van der Waals surface area (Å²) >= 11 is 4.86. The van der Waals surface area contributed by atoms with Crippen LogP contribution in [-0.4, -0.2) is 53.7 Å². The molecule has 0 bridgehead atoms. The molecule has 2 rings (SSSR count). The molecule has 1 atom stereocenters. The Morgan fingerprint density at radius 1 is 1.47 bits per heavy atom. The van der Waals surface area contributed by atoms with Gasteiger partial charge in [0, 0.05) is 6.54 Å². The predicted octanol–water partition coefficient (Wildman–Crippen LogP) is 1.04. The molecule has 0 radical (unpaired) electrons. The smallest absolute Gasteiger partial charge is 0.314 e. The number of nitrogens with one attached hydrogen (secondary N) is 1. The average Bonchev–Trinajstić information content (AvgIpc) is 2.53. The fraction of sp³-hybridized carbons (Fsp3) is 0.778. The van der Waals surface area contributed by atoms with E-state index in [1.54, 1.807) is 0 Å². The van der Waals surface area contributed by atoms with Gasteiger partial charge < -0.3 is 9.42 Å². The van der Waals surface area contributed by atoms with Gasteiger partial charge in [-0.25, -0.2) is 5.16 Å². The van der Waals surface area contributed by atoms with E-state index < -0.39 is 0 Å². The summed E-state index contributed by atoms with van der Waals surface area (Å²) in [5.74, 6) is 0.830. The zero-order valence-corrected chi connectivity index (χ0v) is 9.88. The molecule has 1 aliphatic heterocycles. The standard InChI is InChI=1S/C9H16N4OS/c1-12-4-3-5-13(2)7(6-12)8-10-9(15)14-11-8/h7H,3-6H2,1-2H3,(H,10,11,15). The third-order valence-corrected chi connectivity index (χ3v) is 3.01. The first kappa shape index (κ1) is 10.8. The predicted molar refractivity (Wildman–Crippen MR) is 59.2 cm³/mol. The summed E-state index contributed by atoms with van der Waals surface area (Å²) in [6, 6.07) is 0.248. The van der Waals surface area contributed by atoms with Crippen molar-refractivity contribution in [3.05, 3.63) is 10.7 Å². The maximum Gasteiger partial charge on any atom is 0.314 e. The van der Waals surface area contributed by atoms with Gasteiger partial charge in [0.05, 0.1) is 6.04 Å². The van der Waals surface area contributed by atoms with Crippen molar-refractivity contribution in [3.8, 4) is 0 Å². The Hall–Kier alpha value is -0.720. The molecule has 1 N–H and O–H groups in total. The van der Waals surface area contributed by atoms with Crippen LogP contribution in [0.1, 0.15) is 18.3 Å². The highest BCUT2D eigenvalue weighted by atomic mass is 32.1. The maximum atomic E-state index is 4.98. The molecule has 84 valence electrons. The second-order valence-electron chi connectivity index (χ2n) is 4.08. The molecule has 0 aliphatic carbocycles. The highest BCUT2D eigenvalue weighted by Crippen LogP contribution is 2.19. The number of nitrogens with zero attached hydrogens (tertiary/aromatic N) is 3. The SMILES string of the molecule is CN1CCCN(C)C(c2nc(=S)o[nH]2)C1. The Labute approximate surface area is 94.0 Å². The fourth-order valence-electron chi connectivity index (χ4n) is 1.95. The molecule has 5 nitrogen and oxygen atoms in total. The van der Waals surface area contributed by atoms with E-state index in [0.717, 1.165) is 25.5 Å². The van der Waals surface area contributed by atoms with Crippen LogP contribution in [0.3, 0.4) is 0 Å². The molecule has 0 amide bonds. The van der Waals surface area contributed by atoms with Crippen LogP contribution < -0.4 is 0 Å². The van der Waals surface area contributed by atoms with Crippen LogP contribution >= 0.6 is 12.2 Å². The van der Waals surface area contributed by atoms with E-state index in [1.807, 2.05) is 0 Å². The van der Waals surface area contributed by atoms with Crippen molar-refractivity contribution in [1.82, 2.24) is 19.9 Å². The van der Waals surface area contributed by atoms with E-state index in [9.17, 15) is 0 Å². The number of rotatable bonds is 1. The molecule has 15 heavy (non-hydrogen) atoms. The highest BCUT2D eigenvalue weighted by Gasteiger charge is 2.24. The summed E-state index contributed by atoms with van der Waals surface area (Å²) in [7, 11) is 4.23. The van der Waals surface area contributed by atoms with Gasteiger partial charge in [-0.3, -0.25) is 4.90 Å². The van der Waals surface area contributed by atoms with Gasteiger partial charge in [-0.15, -0.1) is 0 Å². The lowest BCUT2D eigenvalue weighted by atomic mass is 10.2. The summed E-state index contributed by atoms with van der Waals surface area (Å²) in [6.07, 6.45) is 1.18. The molecule has 1 fully saturated rings. The molecule has 1 saturated heterocycles. The van der Waals surface area contributed by atoms with Gasteiger partial charge in [0.1, 0.15) is 0 Å². The molecule has 0 aromatic carbocycles. The van der Waals surface area contributed by atoms with Gasteiger partial charge in [0.2, 0.25) is 0 Å². The normalized spacial score (nSPS) is 25.3. The minimum Gasteiger partial charge on any atom is -0.348 e. The zero-order chi connectivity index (χ0) is 10.8. The van der Waals surface area contributed by atoms with Crippen molar-refractivity contribution in [3.63, 3.8) is 0 Å². The lowest BCUT2D eigenvalue weighted by Crippen LogP contribution is -2.31. The molecule has 6 heteroatoms. The quantitative estimate of drug-likeness (QED) is 0.728. The van der Waals surface area contributed by atoms with E-state index in [2.05, 4.69) is 34.0 Å². The van der Waals surface area contributed by atoms with Crippen LogP contribution in [0.25, 0.3) is 0 Å². The number of hydrogen-bond donors (Lipinski definition) is 1. The molecule has 1 unspecified atom stereocenters. The summed E-state index contributed by atoms with van der Waals surface area (Å²) < 4.78 is 4.98. The topological polar surface area (TPSA) is 48.3 Å². The van der Waals surface area contributed by atoms with Crippen molar-refractivity contribution in [2.75, 3.05) is 33.7 Å². The zero-order valence-electron chi connectivity index (χ0n) is 9.06. The van der Waals surface area contributed by atoms with Crippen LogP contribution in [0.2, 0.25) is 0 Å².